The first-order valence-electron chi connectivity index (χ1n) is 9.33. The number of nitrogens with zero attached hydrogens (tertiary/aromatic N) is 1. The first kappa shape index (κ1) is 20.4. The molecule has 0 saturated heterocycles. The number of nitrogens with one attached hydrogen (secondary N) is 1. The van der Waals surface area contributed by atoms with Crippen LogP contribution in [-0.4, -0.2) is 54.1 Å². The normalized spacial score (nSPS) is 26.0. The molecule has 1 aromatic rings. The zero-order valence-corrected chi connectivity index (χ0v) is 15.8. The van der Waals surface area contributed by atoms with Gasteiger partial charge in [0.2, 0.25) is 11.8 Å². The van der Waals surface area contributed by atoms with E-state index in [9.17, 15) is 14.7 Å². The van der Waals surface area contributed by atoms with E-state index in [1.165, 1.54) is 6.92 Å². The van der Waals surface area contributed by atoms with Crippen LogP contribution in [0.4, 0.5) is 0 Å². The van der Waals surface area contributed by atoms with Crippen molar-refractivity contribution in [1.82, 2.24) is 10.2 Å². The van der Waals surface area contributed by atoms with Crippen LogP contribution in [0.15, 0.2) is 30.3 Å². The van der Waals surface area contributed by atoms with Gasteiger partial charge in [-0.05, 0) is 31.2 Å². The molecule has 0 unspecified atom stereocenters. The van der Waals surface area contributed by atoms with Crippen molar-refractivity contribution >= 4 is 11.8 Å². The fourth-order valence-corrected chi connectivity index (χ4v) is 3.95. The fraction of sp³-hybridized carbons (Fsp3) is 0.600. The minimum Gasteiger partial charge on any atom is -0.391 e. The van der Waals surface area contributed by atoms with E-state index in [1.807, 2.05) is 18.2 Å². The largest absolute Gasteiger partial charge is 0.391 e. The van der Waals surface area contributed by atoms with Gasteiger partial charge >= 0.3 is 0 Å². The molecule has 0 spiro atoms. The molecule has 1 fully saturated rings. The lowest BCUT2D eigenvalue weighted by Gasteiger charge is -2.34. The summed E-state index contributed by atoms with van der Waals surface area (Å²) in [6, 6.07) is 9.91. The molecule has 0 heterocycles. The van der Waals surface area contributed by atoms with Crippen LogP contribution in [0.1, 0.15) is 44.6 Å². The van der Waals surface area contributed by atoms with Gasteiger partial charge in [-0.1, -0.05) is 30.3 Å². The van der Waals surface area contributed by atoms with Crippen molar-refractivity contribution in [2.75, 3.05) is 20.1 Å². The van der Waals surface area contributed by atoms with Gasteiger partial charge in [-0.3, -0.25) is 9.59 Å². The van der Waals surface area contributed by atoms with Crippen LogP contribution in [0.3, 0.4) is 0 Å². The van der Waals surface area contributed by atoms with E-state index in [1.54, 1.807) is 11.9 Å². The average Bonchev–Trinajstić information content (AvgIpc) is 2.80. The predicted molar refractivity (Wildman–Crippen MR) is 102 cm³/mol. The number of aliphatic hydroxyl groups is 1. The molecule has 2 amide bonds. The first-order valence-corrected chi connectivity index (χ1v) is 9.33. The van der Waals surface area contributed by atoms with Crippen LogP contribution >= 0.6 is 0 Å². The topological polar surface area (TPSA) is 95.7 Å². The maximum atomic E-state index is 12.2. The van der Waals surface area contributed by atoms with Crippen molar-refractivity contribution < 1.29 is 14.7 Å². The Hall–Kier alpha value is -1.92. The SMILES string of the molecule is CC(=O)NC[C@]1(c2ccccc2)CC[C@@H](O)[C@H](N(C)C(=O)CCN)CC1. The average molecular weight is 361 g/mol. The summed E-state index contributed by atoms with van der Waals surface area (Å²) in [5.74, 6) is -0.0949. The summed E-state index contributed by atoms with van der Waals surface area (Å²) in [5.41, 5.74) is 6.43. The number of hydrogen-bond acceptors (Lipinski definition) is 4. The lowest BCUT2D eigenvalue weighted by atomic mass is 9.74. The molecule has 1 aliphatic rings. The smallest absolute Gasteiger partial charge is 0.223 e. The van der Waals surface area contributed by atoms with Crippen LogP contribution < -0.4 is 11.1 Å². The number of carbonyl (C=O) groups is 2. The van der Waals surface area contributed by atoms with E-state index < -0.39 is 6.10 Å². The molecule has 0 radical (unpaired) electrons. The third-order valence-corrected chi connectivity index (χ3v) is 5.59. The first-order chi connectivity index (χ1) is 12.4. The Morgan fingerprint density at radius 3 is 2.54 bits per heavy atom. The maximum Gasteiger partial charge on any atom is 0.223 e. The molecule has 6 heteroatoms. The Kier molecular flexibility index (Phi) is 7.17. The van der Waals surface area contributed by atoms with Crippen molar-refractivity contribution in [1.29, 1.82) is 0 Å². The molecule has 0 aromatic heterocycles. The molecule has 26 heavy (non-hydrogen) atoms. The molecule has 0 aliphatic heterocycles. The Morgan fingerprint density at radius 1 is 1.27 bits per heavy atom. The summed E-state index contributed by atoms with van der Waals surface area (Å²) < 4.78 is 0. The Morgan fingerprint density at radius 2 is 1.92 bits per heavy atom. The van der Waals surface area contributed by atoms with Crippen molar-refractivity contribution in [3.8, 4) is 0 Å². The Labute approximate surface area is 155 Å². The van der Waals surface area contributed by atoms with Gasteiger partial charge in [0.25, 0.3) is 0 Å². The minimum atomic E-state index is -0.579. The summed E-state index contributed by atoms with van der Waals surface area (Å²) in [6.07, 6.45) is 2.52. The van der Waals surface area contributed by atoms with Crippen LogP contribution in [-0.2, 0) is 15.0 Å². The third-order valence-electron chi connectivity index (χ3n) is 5.59. The molecule has 2 rings (SSSR count). The number of hydrogen-bond donors (Lipinski definition) is 3. The maximum absolute atomic E-state index is 12.2. The molecule has 6 nitrogen and oxygen atoms in total. The Bertz CT molecular complexity index is 608. The molecule has 1 saturated carbocycles. The summed E-state index contributed by atoms with van der Waals surface area (Å²) >= 11 is 0. The number of aliphatic hydroxyl groups excluding tert-OH is 1. The van der Waals surface area contributed by atoms with Crippen molar-refractivity contribution in [2.24, 2.45) is 5.73 Å². The van der Waals surface area contributed by atoms with Crippen molar-refractivity contribution in [2.45, 2.75) is 56.6 Å². The van der Waals surface area contributed by atoms with Gasteiger partial charge in [0, 0.05) is 38.9 Å². The highest BCUT2D eigenvalue weighted by atomic mass is 16.3. The highest BCUT2D eigenvalue weighted by molar-refractivity contribution is 5.76. The zero-order chi connectivity index (χ0) is 19.2. The minimum absolute atomic E-state index is 0.0365. The van der Waals surface area contributed by atoms with Gasteiger partial charge in [-0.2, -0.15) is 0 Å². The van der Waals surface area contributed by atoms with Crippen LogP contribution in [0, 0.1) is 0 Å². The second kappa shape index (κ2) is 9.14. The molecule has 3 atom stereocenters. The zero-order valence-electron chi connectivity index (χ0n) is 15.8. The number of rotatable bonds is 6. The van der Waals surface area contributed by atoms with Gasteiger partial charge in [0.15, 0.2) is 0 Å². The molecule has 0 bridgehead atoms. The lowest BCUT2D eigenvalue weighted by molar-refractivity contribution is -0.134. The van der Waals surface area contributed by atoms with Crippen LogP contribution in [0.2, 0.25) is 0 Å². The second-order valence-corrected chi connectivity index (χ2v) is 7.31. The lowest BCUT2D eigenvalue weighted by Crippen LogP contribution is -2.44. The quantitative estimate of drug-likeness (QED) is 0.663. The van der Waals surface area contributed by atoms with E-state index >= 15 is 0 Å². The van der Waals surface area contributed by atoms with E-state index in [2.05, 4.69) is 17.4 Å². The molecule has 1 aromatic carbocycles. The second-order valence-electron chi connectivity index (χ2n) is 7.31. The van der Waals surface area contributed by atoms with E-state index in [0.29, 0.717) is 25.9 Å². The van der Waals surface area contributed by atoms with E-state index in [4.69, 9.17) is 5.73 Å². The van der Waals surface area contributed by atoms with Crippen molar-refractivity contribution in [3.05, 3.63) is 35.9 Å². The molecule has 4 N–H and O–H groups in total. The third kappa shape index (κ3) is 4.83. The molecule has 1 aliphatic carbocycles. The Balaban J connectivity index is 2.24. The number of carbonyl (C=O) groups excluding carboxylic acids is 2. The summed E-state index contributed by atoms with van der Waals surface area (Å²) in [5, 5.41) is 13.6. The standard InChI is InChI=1S/C20H31N3O3/c1-15(24)22-14-20(16-6-4-3-5-7-16)11-8-17(18(25)9-12-20)23(2)19(26)10-13-21/h3-7,17-18,25H,8-14,21H2,1-2H3,(H,22,24)/t17-,18-,20-/m1/s1. The summed E-state index contributed by atoms with van der Waals surface area (Å²) in [7, 11) is 1.75. The molecular weight excluding hydrogens is 330 g/mol. The van der Waals surface area contributed by atoms with Gasteiger partial charge in [0.05, 0.1) is 12.1 Å². The van der Waals surface area contributed by atoms with E-state index in [0.717, 1.165) is 18.4 Å². The number of nitrogens with two attached hydrogens (primary N) is 1. The number of benzene rings is 1. The van der Waals surface area contributed by atoms with E-state index in [-0.39, 0.29) is 29.7 Å². The van der Waals surface area contributed by atoms with Crippen LogP contribution in [0.25, 0.3) is 0 Å². The number of likely N-dealkylation sites (N-methyl/N-ethyl adjacent to an activating group) is 1. The summed E-state index contributed by atoms with van der Waals surface area (Å²) in [4.78, 5) is 25.4. The number of amides is 2. The highest BCUT2D eigenvalue weighted by Crippen LogP contribution is 2.39. The molecular formula is C20H31N3O3. The van der Waals surface area contributed by atoms with Gasteiger partial charge in [-0.15, -0.1) is 0 Å². The van der Waals surface area contributed by atoms with Crippen LogP contribution in [0.5, 0.6) is 0 Å². The monoisotopic (exact) mass is 361 g/mol. The predicted octanol–water partition coefficient (Wildman–Crippen LogP) is 1.17. The molecule has 144 valence electrons. The van der Waals surface area contributed by atoms with Gasteiger partial charge < -0.3 is 21.1 Å². The highest BCUT2D eigenvalue weighted by Gasteiger charge is 2.39. The van der Waals surface area contributed by atoms with Crippen molar-refractivity contribution in [3.63, 3.8) is 0 Å². The summed E-state index contributed by atoms with van der Waals surface area (Å²) in [6.45, 7) is 2.36. The fourth-order valence-electron chi connectivity index (χ4n) is 3.95. The van der Waals surface area contributed by atoms with Gasteiger partial charge in [0.1, 0.15) is 0 Å². The van der Waals surface area contributed by atoms with Gasteiger partial charge in [-0.25, -0.2) is 0 Å².